The Labute approximate surface area is 148 Å². The summed E-state index contributed by atoms with van der Waals surface area (Å²) in [5, 5.41) is 0. The zero-order valence-corrected chi connectivity index (χ0v) is 14.7. The molecule has 0 spiro atoms. The lowest BCUT2D eigenvalue weighted by molar-refractivity contribution is -0.0307. The van der Waals surface area contributed by atoms with Crippen LogP contribution in [0.4, 0.5) is 4.39 Å². The molecule has 134 valence electrons. The van der Waals surface area contributed by atoms with Crippen molar-refractivity contribution in [2.45, 2.75) is 19.1 Å². The van der Waals surface area contributed by atoms with Crippen LogP contribution >= 0.6 is 0 Å². The lowest BCUT2D eigenvalue weighted by Gasteiger charge is -2.33. The van der Waals surface area contributed by atoms with Crippen LogP contribution in [0.2, 0.25) is 0 Å². The molecule has 25 heavy (non-hydrogen) atoms. The van der Waals surface area contributed by atoms with Gasteiger partial charge in [0.15, 0.2) is 11.5 Å². The molecule has 1 aliphatic heterocycles. The molecule has 2 aromatic carbocycles. The second kappa shape index (κ2) is 8.32. The van der Waals surface area contributed by atoms with Gasteiger partial charge in [0.2, 0.25) is 0 Å². The summed E-state index contributed by atoms with van der Waals surface area (Å²) in [6, 6.07) is 12.6. The molecule has 1 saturated heterocycles. The van der Waals surface area contributed by atoms with Gasteiger partial charge in [-0.25, -0.2) is 4.39 Å². The van der Waals surface area contributed by atoms with Gasteiger partial charge in [0.1, 0.15) is 5.82 Å². The normalized spacial score (nSPS) is 18.1. The summed E-state index contributed by atoms with van der Waals surface area (Å²) in [6.45, 7) is 3.10. The summed E-state index contributed by atoms with van der Waals surface area (Å²) in [5.74, 6) is 1.31. The average molecular weight is 345 g/mol. The molecule has 0 aliphatic carbocycles. The summed E-state index contributed by atoms with van der Waals surface area (Å²) < 4.78 is 30.1. The summed E-state index contributed by atoms with van der Waals surface area (Å²) in [6.07, 6.45) is 0.774. The second-order valence-corrected chi connectivity index (χ2v) is 6.21. The van der Waals surface area contributed by atoms with Crippen LogP contribution in [0.1, 0.15) is 11.1 Å². The molecule has 0 saturated carbocycles. The molecule has 1 atom stereocenters. The molecule has 3 rings (SSSR count). The third kappa shape index (κ3) is 4.50. The predicted octanol–water partition coefficient (Wildman–Crippen LogP) is 3.29. The Bertz CT molecular complexity index is 707. The van der Waals surface area contributed by atoms with E-state index in [0.717, 1.165) is 42.3 Å². The van der Waals surface area contributed by atoms with Gasteiger partial charge in [0, 0.05) is 25.2 Å². The number of hydrogen-bond donors (Lipinski definition) is 0. The summed E-state index contributed by atoms with van der Waals surface area (Å²) >= 11 is 0. The number of nitrogens with zero attached hydrogens (tertiary/aromatic N) is 1. The maximum atomic E-state index is 13.4. The smallest absolute Gasteiger partial charge is 0.165 e. The van der Waals surface area contributed by atoms with Crippen LogP contribution in [0.15, 0.2) is 42.5 Å². The monoisotopic (exact) mass is 345 g/mol. The van der Waals surface area contributed by atoms with Crippen molar-refractivity contribution in [3.8, 4) is 11.5 Å². The number of methoxy groups -OCH3 is 2. The van der Waals surface area contributed by atoms with E-state index in [4.69, 9.17) is 14.2 Å². The fraction of sp³-hybridized carbons (Fsp3) is 0.400. The van der Waals surface area contributed by atoms with Crippen molar-refractivity contribution in [2.24, 2.45) is 0 Å². The molecule has 2 aromatic rings. The van der Waals surface area contributed by atoms with Crippen LogP contribution in [-0.4, -0.2) is 44.9 Å². The first-order chi connectivity index (χ1) is 12.2. The predicted molar refractivity (Wildman–Crippen MR) is 94.7 cm³/mol. The Hall–Kier alpha value is -2.11. The van der Waals surface area contributed by atoms with Gasteiger partial charge in [-0.2, -0.15) is 0 Å². The van der Waals surface area contributed by atoms with Crippen LogP contribution < -0.4 is 9.47 Å². The van der Waals surface area contributed by atoms with Crippen molar-refractivity contribution in [3.63, 3.8) is 0 Å². The molecule has 4 nitrogen and oxygen atoms in total. The number of hydrogen-bond acceptors (Lipinski definition) is 4. The van der Waals surface area contributed by atoms with Gasteiger partial charge in [0.25, 0.3) is 0 Å². The van der Waals surface area contributed by atoms with Crippen molar-refractivity contribution in [2.75, 3.05) is 33.9 Å². The lowest BCUT2D eigenvalue weighted by Crippen LogP contribution is -2.42. The minimum Gasteiger partial charge on any atom is -0.493 e. The van der Waals surface area contributed by atoms with E-state index >= 15 is 0 Å². The standard InChI is InChI=1S/C20H24FNO3/c1-23-19-8-4-6-16(20(19)24-2)13-22-9-10-25-18(14-22)12-15-5-3-7-17(21)11-15/h3-8,11,18H,9-10,12-14H2,1-2H3. The van der Waals surface area contributed by atoms with E-state index in [0.29, 0.717) is 13.0 Å². The van der Waals surface area contributed by atoms with Crippen LogP contribution in [0, 0.1) is 5.82 Å². The number of para-hydroxylation sites is 1. The Kier molecular flexibility index (Phi) is 5.89. The highest BCUT2D eigenvalue weighted by Gasteiger charge is 2.22. The van der Waals surface area contributed by atoms with E-state index < -0.39 is 0 Å². The average Bonchev–Trinajstić information content (AvgIpc) is 2.62. The zero-order chi connectivity index (χ0) is 17.6. The SMILES string of the molecule is COc1cccc(CN2CCOC(Cc3cccc(F)c3)C2)c1OC. The van der Waals surface area contributed by atoms with Crippen molar-refractivity contribution in [1.82, 2.24) is 4.90 Å². The number of halogens is 1. The molecule has 1 heterocycles. The van der Waals surface area contributed by atoms with Gasteiger partial charge >= 0.3 is 0 Å². The largest absolute Gasteiger partial charge is 0.493 e. The minimum atomic E-state index is -0.203. The molecule has 1 unspecified atom stereocenters. The summed E-state index contributed by atoms with van der Waals surface area (Å²) in [5.41, 5.74) is 2.05. The Morgan fingerprint density at radius 1 is 1.16 bits per heavy atom. The molecule has 0 amide bonds. The van der Waals surface area contributed by atoms with Crippen LogP contribution in [-0.2, 0) is 17.7 Å². The Balaban J connectivity index is 1.66. The first-order valence-corrected chi connectivity index (χ1v) is 8.48. The summed E-state index contributed by atoms with van der Waals surface area (Å²) in [4.78, 5) is 2.34. The van der Waals surface area contributed by atoms with Gasteiger partial charge < -0.3 is 14.2 Å². The lowest BCUT2D eigenvalue weighted by atomic mass is 10.1. The van der Waals surface area contributed by atoms with Crippen molar-refractivity contribution < 1.29 is 18.6 Å². The molecule has 0 N–H and O–H groups in total. The summed E-state index contributed by atoms with van der Waals surface area (Å²) in [7, 11) is 3.30. The van der Waals surface area contributed by atoms with Crippen LogP contribution in [0.3, 0.4) is 0 Å². The fourth-order valence-electron chi connectivity index (χ4n) is 3.29. The number of benzene rings is 2. The molecule has 0 aromatic heterocycles. The van der Waals surface area contributed by atoms with Crippen molar-refractivity contribution >= 4 is 0 Å². The first kappa shape index (κ1) is 17.7. The van der Waals surface area contributed by atoms with Gasteiger partial charge in [0.05, 0.1) is 26.9 Å². The molecular weight excluding hydrogens is 321 g/mol. The van der Waals surface area contributed by atoms with E-state index in [1.165, 1.54) is 6.07 Å². The number of rotatable bonds is 6. The molecule has 1 fully saturated rings. The van der Waals surface area contributed by atoms with Crippen molar-refractivity contribution in [1.29, 1.82) is 0 Å². The van der Waals surface area contributed by atoms with E-state index in [9.17, 15) is 4.39 Å². The van der Waals surface area contributed by atoms with Crippen LogP contribution in [0.25, 0.3) is 0 Å². The topological polar surface area (TPSA) is 30.9 Å². The third-order valence-corrected chi connectivity index (χ3v) is 4.45. The zero-order valence-electron chi connectivity index (χ0n) is 14.7. The molecule has 5 heteroatoms. The van der Waals surface area contributed by atoms with Gasteiger partial charge in [-0.15, -0.1) is 0 Å². The minimum absolute atomic E-state index is 0.0622. The van der Waals surface area contributed by atoms with E-state index in [1.54, 1.807) is 26.4 Å². The van der Waals surface area contributed by atoms with E-state index in [2.05, 4.69) is 11.0 Å². The molecule has 1 aliphatic rings. The first-order valence-electron chi connectivity index (χ1n) is 8.48. The highest BCUT2D eigenvalue weighted by Crippen LogP contribution is 2.31. The fourth-order valence-corrected chi connectivity index (χ4v) is 3.29. The Morgan fingerprint density at radius 3 is 2.76 bits per heavy atom. The number of morpholine rings is 1. The van der Waals surface area contributed by atoms with Gasteiger partial charge in [-0.1, -0.05) is 24.3 Å². The van der Waals surface area contributed by atoms with Crippen LogP contribution in [0.5, 0.6) is 11.5 Å². The van der Waals surface area contributed by atoms with E-state index in [1.807, 2.05) is 18.2 Å². The second-order valence-electron chi connectivity index (χ2n) is 6.21. The highest BCUT2D eigenvalue weighted by atomic mass is 19.1. The quantitative estimate of drug-likeness (QED) is 0.804. The van der Waals surface area contributed by atoms with E-state index in [-0.39, 0.29) is 11.9 Å². The highest BCUT2D eigenvalue weighted by molar-refractivity contribution is 5.46. The molecular formula is C20H24FNO3. The maximum absolute atomic E-state index is 13.4. The number of ether oxygens (including phenoxy) is 3. The Morgan fingerprint density at radius 2 is 2.00 bits per heavy atom. The van der Waals surface area contributed by atoms with Gasteiger partial charge in [-0.05, 0) is 30.2 Å². The molecule has 0 bridgehead atoms. The maximum Gasteiger partial charge on any atom is 0.165 e. The van der Waals surface area contributed by atoms with Crippen molar-refractivity contribution in [3.05, 3.63) is 59.4 Å². The third-order valence-electron chi connectivity index (χ3n) is 4.45. The van der Waals surface area contributed by atoms with Gasteiger partial charge in [-0.3, -0.25) is 4.90 Å². The molecule has 0 radical (unpaired) electrons.